The van der Waals surface area contributed by atoms with Crippen molar-refractivity contribution < 1.29 is 9.53 Å². The van der Waals surface area contributed by atoms with Crippen LogP contribution in [0.3, 0.4) is 0 Å². The Morgan fingerprint density at radius 2 is 2.05 bits per heavy atom. The van der Waals surface area contributed by atoms with Gasteiger partial charge in [-0.3, -0.25) is 9.69 Å². The fourth-order valence-electron chi connectivity index (χ4n) is 2.06. The first kappa shape index (κ1) is 16.5. The molecule has 1 saturated heterocycles. The lowest BCUT2D eigenvalue weighted by Crippen LogP contribution is -2.41. The van der Waals surface area contributed by atoms with Gasteiger partial charge in [-0.15, -0.1) is 0 Å². The molecule has 0 aromatic heterocycles. The van der Waals surface area contributed by atoms with Crippen LogP contribution in [0.1, 0.15) is 0 Å². The van der Waals surface area contributed by atoms with Gasteiger partial charge in [-0.1, -0.05) is 29.3 Å². The van der Waals surface area contributed by atoms with E-state index in [0.29, 0.717) is 15.7 Å². The first-order valence-electron chi connectivity index (χ1n) is 6.91. The molecular weight excluding hydrogens is 313 g/mol. The van der Waals surface area contributed by atoms with Crippen molar-refractivity contribution in [3.05, 3.63) is 28.2 Å². The fraction of sp³-hybridized carbons (Fsp3) is 0.500. The zero-order valence-electron chi connectivity index (χ0n) is 11.7. The molecule has 2 N–H and O–H groups in total. The molecule has 1 aliphatic heterocycles. The van der Waals surface area contributed by atoms with Crippen LogP contribution >= 0.6 is 23.2 Å². The lowest BCUT2D eigenvalue weighted by molar-refractivity contribution is -0.115. The molecule has 0 saturated carbocycles. The number of carbonyl (C=O) groups excluding carboxylic acids is 1. The Bertz CT molecular complexity index is 479. The van der Waals surface area contributed by atoms with Gasteiger partial charge in [0.25, 0.3) is 0 Å². The highest BCUT2D eigenvalue weighted by atomic mass is 35.5. The number of rotatable bonds is 6. The second kappa shape index (κ2) is 8.56. The zero-order chi connectivity index (χ0) is 15.1. The molecule has 7 heteroatoms. The van der Waals surface area contributed by atoms with Gasteiger partial charge in [-0.25, -0.2) is 0 Å². The van der Waals surface area contributed by atoms with Gasteiger partial charge in [0.15, 0.2) is 0 Å². The summed E-state index contributed by atoms with van der Waals surface area (Å²) in [6, 6.07) is 5.15. The van der Waals surface area contributed by atoms with Crippen LogP contribution in [0.5, 0.6) is 0 Å². The molecule has 1 fully saturated rings. The first-order chi connectivity index (χ1) is 10.2. The van der Waals surface area contributed by atoms with Crippen molar-refractivity contribution in [2.24, 2.45) is 0 Å². The van der Waals surface area contributed by atoms with Crippen molar-refractivity contribution in [2.75, 3.05) is 51.3 Å². The van der Waals surface area contributed by atoms with Crippen LogP contribution < -0.4 is 10.6 Å². The molecule has 1 aliphatic rings. The topological polar surface area (TPSA) is 53.6 Å². The van der Waals surface area contributed by atoms with Crippen molar-refractivity contribution in [3.63, 3.8) is 0 Å². The Kier molecular flexibility index (Phi) is 6.73. The van der Waals surface area contributed by atoms with Gasteiger partial charge in [0.2, 0.25) is 5.91 Å². The van der Waals surface area contributed by atoms with Gasteiger partial charge in [-0.2, -0.15) is 0 Å². The number of amides is 1. The minimum Gasteiger partial charge on any atom is -0.379 e. The Hall–Kier alpha value is -0.850. The van der Waals surface area contributed by atoms with E-state index in [2.05, 4.69) is 15.5 Å². The maximum Gasteiger partial charge on any atom is 0.238 e. The average Bonchev–Trinajstić information content (AvgIpc) is 2.49. The fourth-order valence-corrected chi connectivity index (χ4v) is 2.41. The van der Waals surface area contributed by atoms with Crippen molar-refractivity contribution in [3.8, 4) is 0 Å². The highest BCUT2D eigenvalue weighted by molar-refractivity contribution is 6.43. The predicted molar refractivity (Wildman–Crippen MR) is 85.2 cm³/mol. The summed E-state index contributed by atoms with van der Waals surface area (Å²) in [5, 5.41) is 6.64. The molecule has 2 rings (SSSR count). The largest absolute Gasteiger partial charge is 0.379 e. The Morgan fingerprint density at radius 1 is 1.29 bits per heavy atom. The van der Waals surface area contributed by atoms with E-state index in [9.17, 15) is 4.79 Å². The minimum atomic E-state index is -0.138. The number of nitrogens with one attached hydrogen (secondary N) is 2. The SMILES string of the molecule is O=C(CNCCN1CCOCC1)Nc1cccc(Cl)c1Cl. The van der Waals surface area contributed by atoms with E-state index in [1.807, 2.05) is 0 Å². The zero-order valence-corrected chi connectivity index (χ0v) is 13.2. The van der Waals surface area contributed by atoms with E-state index < -0.39 is 0 Å². The molecule has 1 heterocycles. The predicted octanol–water partition coefficient (Wildman–Crippen LogP) is 1.85. The highest BCUT2D eigenvalue weighted by Gasteiger charge is 2.10. The van der Waals surface area contributed by atoms with Crippen LogP contribution in [-0.2, 0) is 9.53 Å². The smallest absolute Gasteiger partial charge is 0.238 e. The van der Waals surface area contributed by atoms with E-state index in [4.69, 9.17) is 27.9 Å². The molecule has 0 atom stereocenters. The number of ether oxygens (including phenoxy) is 1. The normalized spacial score (nSPS) is 15.9. The monoisotopic (exact) mass is 331 g/mol. The standard InChI is InChI=1S/C14H19Cl2N3O2/c15-11-2-1-3-12(14(11)16)18-13(20)10-17-4-5-19-6-8-21-9-7-19/h1-3,17H,4-10H2,(H,18,20). The van der Waals surface area contributed by atoms with E-state index >= 15 is 0 Å². The lowest BCUT2D eigenvalue weighted by atomic mass is 10.3. The molecule has 116 valence electrons. The van der Waals surface area contributed by atoms with E-state index in [0.717, 1.165) is 39.4 Å². The first-order valence-corrected chi connectivity index (χ1v) is 7.67. The number of hydrogen-bond acceptors (Lipinski definition) is 4. The Labute approximate surface area is 134 Å². The summed E-state index contributed by atoms with van der Waals surface area (Å²) in [6.07, 6.45) is 0. The van der Waals surface area contributed by atoms with Crippen LogP contribution in [-0.4, -0.2) is 56.7 Å². The average molecular weight is 332 g/mol. The van der Waals surface area contributed by atoms with Gasteiger partial charge in [0, 0.05) is 26.2 Å². The number of carbonyl (C=O) groups is 1. The number of anilines is 1. The van der Waals surface area contributed by atoms with Crippen molar-refractivity contribution in [1.82, 2.24) is 10.2 Å². The van der Waals surface area contributed by atoms with Gasteiger partial charge in [0.05, 0.1) is 35.5 Å². The lowest BCUT2D eigenvalue weighted by Gasteiger charge is -2.26. The molecule has 1 aromatic carbocycles. The molecule has 1 aromatic rings. The molecular formula is C14H19Cl2N3O2. The molecule has 0 bridgehead atoms. The molecule has 0 radical (unpaired) electrons. The summed E-state index contributed by atoms with van der Waals surface area (Å²) in [6.45, 7) is 5.39. The summed E-state index contributed by atoms with van der Waals surface area (Å²) >= 11 is 11.9. The second-order valence-electron chi connectivity index (χ2n) is 4.78. The molecule has 0 spiro atoms. The third kappa shape index (κ3) is 5.45. The van der Waals surface area contributed by atoms with Crippen LogP contribution in [0.25, 0.3) is 0 Å². The number of morpholine rings is 1. The van der Waals surface area contributed by atoms with E-state index in [-0.39, 0.29) is 12.5 Å². The quantitative estimate of drug-likeness (QED) is 0.781. The highest BCUT2D eigenvalue weighted by Crippen LogP contribution is 2.29. The summed E-state index contributed by atoms with van der Waals surface area (Å²) in [5.74, 6) is -0.138. The Balaban J connectivity index is 1.66. The molecule has 21 heavy (non-hydrogen) atoms. The van der Waals surface area contributed by atoms with Gasteiger partial charge >= 0.3 is 0 Å². The minimum absolute atomic E-state index is 0.138. The molecule has 1 amide bonds. The second-order valence-corrected chi connectivity index (χ2v) is 5.57. The number of halogens is 2. The van der Waals surface area contributed by atoms with Crippen molar-refractivity contribution in [1.29, 1.82) is 0 Å². The summed E-state index contributed by atoms with van der Waals surface area (Å²) in [4.78, 5) is 14.1. The van der Waals surface area contributed by atoms with Gasteiger partial charge < -0.3 is 15.4 Å². The van der Waals surface area contributed by atoms with E-state index in [1.54, 1.807) is 18.2 Å². The van der Waals surface area contributed by atoms with Gasteiger partial charge in [0.1, 0.15) is 0 Å². The third-order valence-corrected chi connectivity index (χ3v) is 4.04. The summed E-state index contributed by atoms with van der Waals surface area (Å²) in [5.41, 5.74) is 0.532. The van der Waals surface area contributed by atoms with Gasteiger partial charge in [-0.05, 0) is 12.1 Å². The maximum atomic E-state index is 11.8. The van der Waals surface area contributed by atoms with Crippen molar-refractivity contribution >= 4 is 34.8 Å². The third-order valence-electron chi connectivity index (χ3n) is 3.22. The molecule has 0 unspecified atom stereocenters. The van der Waals surface area contributed by atoms with Crippen molar-refractivity contribution in [2.45, 2.75) is 0 Å². The van der Waals surface area contributed by atoms with Crippen LogP contribution in [0.2, 0.25) is 10.0 Å². The van der Waals surface area contributed by atoms with E-state index in [1.165, 1.54) is 0 Å². The summed E-state index contributed by atoms with van der Waals surface area (Å²) < 4.78 is 5.28. The Morgan fingerprint density at radius 3 is 2.81 bits per heavy atom. The molecule has 5 nitrogen and oxygen atoms in total. The van der Waals surface area contributed by atoms with Crippen LogP contribution in [0.4, 0.5) is 5.69 Å². The number of hydrogen-bond donors (Lipinski definition) is 2. The van der Waals surface area contributed by atoms with Crippen LogP contribution in [0, 0.1) is 0 Å². The number of benzene rings is 1. The maximum absolute atomic E-state index is 11.8. The molecule has 0 aliphatic carbocycles. The number of nitrogens with zero attached hydrogens (tertiary/aromatic N) is 1. The summed E-state index contributed by atoms with van der Waals surface area (Å²) in [7, 11) is 0. The van der Waals surface area contributed by atoms with Crippen LogP contribution in [0.15, 0.2) is 18.2 Å².